The van der Waals surface area contributed by atoms with Gasteiger partial charge in [-0.15, -0.1) is 11.3 Å². The van der Waals surface area contributed by atoms with Crippen molar-refractivity contribution < 1.29 is 4.79 Å². The third-order valence-electron chi connectivity index (χ3n) is 3.61. The topological polar surface area (TPSA) is 57.3 Å². The first-order valence-electron chi connectivity index (χ1n) is 7.05. The van der Waals surface area contributed by atoms with E-state index in [1.807, 2.05) is 11.4 Å². The van der Waals surface area contributed by atoms with Crippen molar-refractivity contribution in [2.45, 2.75) is 6.42 Å². The van der Waals surface area contributed by atoms with Gasteiger partial charge in [0.25, 0.3) is 0 Å². The molecular formula is C15H18N4OS. The minimum Gasteiger partial charge on any atom is -0.371 e. The molecule has 1 aliphatic heterocycles. The van der Waals surface area contributed by atoms with Crippen LogP contribution < -0.4 is 15.5 Å². The Morgan fingerprint density at radius 3 is 3.00 bits per heavy atom. The number of nitrogens with zero attached hydrogens (tertiary/aromatic N) is 2. The lowest BCUT2D eigenvalue weighted by Gasteiger charge is -2.18. The summed E-state index contributed by atoms with van der Waals surface area (Å²) in [5, 5.41) is 8.12. The number of urea groups is 1. The molecule has 2 amide bonds. The zero-order chi connectivity index (χ0) is 14.5. The molecule has 2 heterocycles. The Balaban J connectivity index is 1.44. The van der Waals surface area contributed by atoms with E-state index in [-0.39, 0.29) is 6.03 Å². The molecule has 21 heavy (non-hydrogen) atoms. The van der Waals surface area contributed by atoms with E-state index in [9.17, 15) is 4.79 Å². The highest BCUT2D eigenvalue weighted by molar-refractivity contribution is 7.13. The van der Waals surface area contributed by atoms with Crippen LogP contribution >= 0.6 is 11.3 Å². The third-order valence-corrected chi connectivity index (χ3v) is 4.30. The molecule has 3 rings (SSSR count). The molecule has 1 saturated heterocycles. The molecule has 0 aliphatic carbocycles. The maximum absolute atomic E-state index is 11.7. The molecule has 6 heteroatoms. The molecule has 1 fully saturated rings. The Kier molecular flexibility index (Phi) is 4.35. The standard InChI is InChI=1S/C15H18N4OS/c20-14(18-15-16-7-9-21-15)17-10-12-6-8-19(11-12)13-4-2-1-3-5-13/h1-5,7,9,12H,6,8,10-11H2,(H2,16,17,18,20)/t12-/m0/s1. The Morgan fingerprint density at radius 1 is 1.38 bits per heavy atom. The molecule has 1 aromatic carbocycles. The van der Waals surface area contributed by atoms with E-state index in [1.165, 1.54) is 17.0 Å². The van der Waals surface area contributed by atoms with Crippen LogP contribution in [0.15, 0.2) is 41.9 Å². The molecule has 2 N–H and O–H groups in total. The molecule has 110 valence electrons. The highest BCUT2D eigenvalue weighted by Crippen LogP contribution is 2.22. The van der Waals surface area contributed by atoms with Gasteiger partial charge in [0.1, 0.15) is 0 Å². The highest BCUT2D eigenvalue weighted by Gasteiger charge is 2.22. The van der Waals surface area contributed by atoms with Gasteiger partial charge < -0.3 is 10.2 Å². The number of thiazole rings is 1. The molecule has 0 spiro atoms. The van der Waals surface area contributed by atoms with Crippen LogP contribution in [0.2, 0.25) is 0 Å². The van der Waals surface area contributed by atoms with Crippen LogP contribution in [0.5, 0.6) is 0 Å². The van der Waals surface area contributed by atoms with Crippen LogP contribution in [0.25, 0.3) is 0 Å². The summed E-state index contributed by atoms with van der Waals surface area (Å²) in [5.74, 6) is 0.493. The van der Waals surface area contributed by atoms with E-state index >= 15 is 0 Å². The molecule has 0 unspecified atom stereocenters. The number of rotatable bonds is 4. The number of benzene rings is 1. The van der Waals surface area contributed by atoms with Crippen LogP contribution in [-0.4, -0.2) is 30.6 Å². The second-order valence-corrected chi connectivity index (χ2v) is 6.00. The summed E-state index contributed by atoms with van der Waals surface area (Å²) in [7, 11) is 0. The molecule has 1 aliphatic rings. The summed E-state index contributed by atoms with van der Waals surface area (Å²) in [6, 6.07) is 10.2. The molecule has 0 saturated carbocycles. The fourth-order valence-corrected chi connectivity index (χ4v) is 3.06. The van der Waals surface area contributed by atoms with Gasteiger partial charge in [-0.3, -0.25) is 5.32 Å². The van der Waals surface area contributed by atoms with Crippen LogP contribution in [0.4, 0.5) is 15.6 Å². The summed E-state index contributed by atoms with van der Waals surface area (Å²) in [6.07, 6.45) is 2.78. The zero-order valence-corrected chi connectivity index (χ0v) is 12.5. The minimum atomic E-state index is -0.178. The molecule has 0 bridgehead atoms. The third kappa shape index (κ3) is 3.72. The number of anilines is 2. The Morgan fingerprint density at radius 2 is 2.24 bits per heavy atom. The predicted octanol–water partition coefficient (Wildman–Crippen LogP) is 2.79. The number of amides is 2. The van der Waals surface area contributed by atoms with Gasteiger partial charge in [0.15, 0.2) is 5.13 Å². The average Bonchev–Trinajstić information content (AvgIpc) is 3.17. The summed E-state index contributed by atoms with van der Waals surface area (Å²) >= 11 is 1.42. The van der Waals surface area contributed by atoms with Crippen LogP contribution in [0.1, 0.15) is 6.42 Å². The smallest absolute Gasteiger partial charge is 0.321 e. The van der Waals surface area contributed by atoms with Crippen LogP contribution in [-0.2, 0) is 0 Å². The van der Waals surface area contributed by atoms with Gasteiger partial charge >= 0.3 is 6.03 Å². The van der Waals surface area contributed by atoms with Gasteiger partial charge in [0.05, 0.1) is 0 Å². The summed E-state index contributed by atoms with van der Waals surface area (Å²) < 4.78 is 0. The summed E-state index contributed by atoms with van der Waals surface area (Å²) in [4.78, 5) is 18.1. The van der Waals surface area contributed by atoms with E-state index in [2.05, 4.69) is 44.8 Å². The molecule has 2 aromatic rings. The first-order valence-corrected chi connectivity index (χ1v) is 7.93. The van der Waals surface area contributed by atoms with Gasteiger partial charge in [-0.1, -0.05) is 18.2 Å². The van der Waals surface area contributed by atoms with Gasteiger partial charge in [0, 0.05) is 36.9 Å². The van der Waals surface area contributed by atoms with Crippen molar-refractivity contribution in [3.05, 3.63) is 41.9 Å². The van der Waals surface area contributed by atoms with Gasteiger partial charge in [0.2, 0.25) is 0 Å². The minimum absolute atomic E-state index is 0.178. The van der Waals surface area contributed by atoms with E-state index in [4.69, 9.17) is 0 Å². The lowest BCUT2D eigenvalue weighted by Crippen LogP contribution is -2.34. The number of nitrogens with one attached hydrogen (secondary N) is 2. The van der Waals surface area contributed by atoms with Crippen molar-refractivity contribution >= 4 is 28.2 Å². The first-order chi connectivity index (χ1) is 10.3. The monoisotopic (exact) mass is 302 g/mol. The lowest BCUT2D eigenvalue weighted by atomic mass is 10.1. The Hall–Kier alpha value is -2.08. The van der Waals surface area contributed by atoms with Crippen molar-refractivity contribution in [2.24, 2.45) is 5.92 Å². The van der Waals surface area contributed by atoms with E-state index < -0.39 is 0 Å². The predicted molar refractivity (Wildman–Crippen MR) is 85.9 cm³/mol. The quantitative estimate of drug-likeness (QED) is 0.913. The number of hydrogen-bond donors (Lipinski definition) is 2. The number of aromatic nitrogens is 1. The number of para-hydroxylation sites is 1. The fraction of sp³-hybridized carbons (Fsp3) is 0.333. The van der Waals surface area contributed by atoms with Crippen LogP contribution in [0.3, 0.4) is 0 Å². The normalized spacial score (nSPS) is 17.7. The molecule has 1 aromatic heterocycles. The highest BCUT2D eigenvalue weighted by atomic mass is 32.1. The maximum Gasteiger partial charge on any atom is 0.321 e. The van der Waals surface area contributed by atoms with Gasteiger partial charge in [-0.2, -0.15) is 0 Å². The largest absolute Gasteiger partial charge is 0.371 e. The molecule has 0 radical (unpaired) electrons. The number of carbonyl (C=O) groups excluding carboxylic acids is 1. The molecule has 1 atom stereocenters. The molecule has 5 nitrogen and oxygen atoms in total. The van der Waals surface area contributed by atoms with E-state index in [0.717, 1.165) is 19.5 Å². The fourth-order valence-electron chi connectivity index (χ4n) is 2.54. The van der Waals surface area contributed by atoms with Crippen molar-refractivity contribution in [3.63, 3.8) is 0 Å². The summed E-state index contributed by atoms with van der Waals surface area (Å²) in [6.45, 7) is 2.73. The second kappa shape index (κ2) is 6.58. The van der Waals surface area contributed by atoms with Crippen molar-refractivity contribution in [1.29, 1.82) is 0 Å². The average molecular weight is 302 g/mol. The summed E-state index contributed by atoms with van der Waals surface area (Å²) in [5.41, 5.74) is 1.26. The van der Waals surface area contributed by atoms with Crippen LogP contribution in [0, 0.1) is 5.92 Å². The zero-order valence-electron chi connectivity index (χ0n) is 11.7. The molecular weight excluding hydrogens is 284 g/mol. The number of carbonyl (C=O) groups is 1. The van der Waals surface area contributed by atoms with E-state index in [1.54, 1.807) is 6.20 Å². The SMILES string of the molecule is O=C(NC[C@@H]1CCN(c2ccccc2)C1)Nc1nccs1. The first kappa shape index (κ1) is 13.9. The Labute approximate surface area is 128 Å². The lowest BCUT2D eigenvalue weighted by molar-refractivity contribution is 0.250. The number of hydrogen-bond acceptors (Lipinski definition) is 4. The maximum atomic E-state index is 11.7. The van der Waals surface area contributed by atoms with Crippen molar-refractivity contribution in [3.8, 4) is 0 Å². The second-order valence-electron chi connectivity index (χ2n) is 5.11. The van der Waals surface area contributed by atoms with E-state index in [0.29, 0.717) is 17.6 Å². The van der Waals surface area contributed by atoms with Gasteiger partial charge in [-0.05, 0) is 24.5 Å². The Bertz CT molecular complexity index is 573. The van der Waals surface area contributed by atoms with Crippen molar-refractivity contribution in [2.75, 3.05) is 29.9 Å². The van der Waals surface area contributed by atoms with Gasteiger partial charge in [-0.25, -0.2) is 9.78 Å². The van der Waals surface area contributed by atoms with Crippen molar-refractivity contribution in [1.82, 2.24) is 10.3 Å².